The summed E-state index contributed by atoms with van der Waals surface area (Å²) in [4.78, 5) is 0. The third-order valence-corrected chi connectivity index (χ3v) is 8.82. The van der Waals surface area contributed by atoms with Crippen LogP contribution < -0.4 is 15.6 Å². The van der Waals surface area contributed by atoms with E-state index in [0.29, 0.717) is 0 Å². The van der Waals surface area contributed by atoms with E-state index in [1.807, 2.05) is 0 Å². The van der Waals surface area contributed by atoms with Crippen LogP contribution in [0.5, 0.6) is 0 Å². The molecule has 3 aromatic carbocycles. The number of benzene rings is 3. The van der Waals surface area contributed by atoms with Crippen molar-refractivity contribution in [2.45, 2.75) is 0 Å². The molecule has 0 aliphatic carbocycles. The van der Waals surface area contributed by atoms with Crippen LogP contribution in [-0.2, 0) is 0 Å². The highest BCUT2D eigenvalue weighted by Crippen LogP contribution is 2.19. The molecule has 0 spiro atoms. The van der Waals surface area contributed by atoms with Gasteiger partial charge in [-0.3, -0.25) is 0 Å². The molecule has 0 aromatic heterocycles. The molecular weight excluding hydrogens is 268 g/mol. The summed E-state index contributed by atoms with van der Waals surface area (Å²) >= 11 is 0. The van der Waals surface area contributed by atoms with Gasteiger partial charge in [0.15, 0.2) is 8.07 Å². The Bertz CT molecular complexity index is 749. The van der Waals surface area contributed by atoms with Crippen molar-refractivity contribution in [1.29, 1.82) is 0 Å². The van der Waals surface area contributed by atoms with Crippen LogP contribution in [0, 0.1) is 0 Å². The molecule has 0 radical (unpaired) electrons. The van der Waals surface area contributed by atoms with Gasteiger partial charge in [-0.2, -0.15) is 0 Å². The lowest BCUT2D eigenvalue weighted by molar-refractivity contribution is 1.69. The first kappa shape index (κ1) is 12.4. The Hall–Kier alpha value is -2.38. The molecule has 0 atom stereocenters. The number of rotatable bonds is 2. The Kier molecular flexibility index (Phi) is 2.87. The molecule has 1 heterocycles. The smallest absolute Gasteiger partial charge is 0.0812 e. The SMILES string of the molecule is C1=C[Si](c2ccccc2)(c2ccccc2)c2ccccc21. The molecule has 1 heteroatoms. The van der Waals surface area contributed by atoms with E-state index in [4.69, 9.17) is 0 Å². The fourth-order valence-electron chi connectivity index (χ4n) is 3.38. The lowest BCUT2D eigenvalue weighted by Gasteiger charge is -2.28. The van der Waals surface area contributed by atoms with E-state index in [9.17, 15) is 0 Å². The van der Waals surface area contributed by atoms with Gasteiger partial charge in [-0.15, -0.1) is 0 Å². The Morgan fingerprint density at radius 3 is 1.67 bits per heavy atom. The zero-order valence-corrected chi connectivity index (χ0v) is 12.7. The molecule has 0 saturated heterocycles. The second kappa shape index (κ2) is 4.87. The van der Waals surface area contributed by atoms with E-state index < -0.39 is 8.07 Å². The van der Waals surface area contributed by atoms with E-state index >= 15 is 0 Å². The number of hydrogen-bond donors (Lipinski definition) is 0. The molecule has 0 saturated carbocycles. The third-order valence-electron chi connectivity index (χ3n) is 4.36. The van der Waals surface area contributed by atoms with Gasteiger partial charge < -0.3 is 0 Å². The molecule has 0 N–H and O–H groups in total. The maximum atomic E-state index is 2.47. The summed E-state index contributed by atoms with van der Waals surface area (Å²) in [5.74, 6) is 0. The summed E-state index contributed by atoms with van der Waals surface area (Å²) in [6.07, 6.45) is 2.31. The summed E-state index contributed by atoms with van der Waals surface area (Å²) in [6.45, 7) is 0. The van der Waals surface area contributed by atoms with Gasteiger partial charge in [-0.25, -0.2) is 0 Å². The minimum absolute atomic E-state index is 1.37. The van der Waals surface area contributed by atoms with Crippen LogP contribution in [0.1, 0.15) is 5.56 Å². The van der Waals surface area contributed by atoms with Crippen molar-refractivity contribution in [2.24, 2.45) is 0 Å². The minimum Gasteiger partial charge on any atom is -0.0812 e. The summed E-state index contributed by atoms with van der Waals surface area (Å²) < 4.78 is 0. The summed E-state index contributed by atoms with van der Waals surface area (Å²) in [5.41, 5.74) is 3.85. The molecule has 0 bridgehead atoms. The van der Waals surface area contributed by atoms with Gasteiger partial charge in [-0.05, 0) is 21.1 Å². The fraction of sp³-hybridized carbons (Fsp3) is 0. The van der Waals surface area contributed by atoms with Crippen molar-refractivity contribution in [3.63, 3.8) is 0 Å². The summed E-state index contributed by atoms with van der Waals surface area (Å²) in [6, 6.07) is 30.8. The molecule has 0 nitrogen and oxygen atoms in total. The molecule has 3 aromatic rings. The van der Waals surface area contributed by atoms with Gasteiger partial charge >= 0.3 is 0 Å². The molecule has 100 valence electrons. The lowest BCUT2D eigenvalue weighted by atomic mass is 10.2. The zero-order valence-electron chi connectivity index (χ0n) is 11.7. The van der Waals surface area contributed by atoms with Crippen molar-refractivity contribution >= 4 is 29.7 Å². The normalized spacial score (nSPS) is 14.9. The first-order valence-corrected chi connectivity index (χ1v) is 9.39. The predicted octanol–water partition coefficient (Wildman–Crippen LogP) is 2.72. The second-order valence-corrected chi connectivity index (χ2v) is 9.10. The van der Waals surface area contributed by atoms with Gasteiger partial charge in [0.25, 0.3) is 0 Å². The summed E-state index contributed by atoms with van der Waals surface area (Å²) in [7, 11) is -1.99. The van der Waals surface area contributed by atoms with E-state index in [2.05, 4.69) is 96.7 Å². The molecule has 4 rings (SSSR count). The lowest BCUT2D eigenvalue weighted by Crippen LogP contribution is -2.65. The molecule has 0 fully saturated rings. The number of hydrogen-bond acceptors (Lipinski definition) is 0. The van der Waals surface area contributed by atoms with E-state index in [-0.39, 0.29) is 0 Å². The predicted molar refractivity (Wildman–Crippen MR) is 93.0 cm³/mol. The van der Waals surface area contributed by atoms with Crippen molar-refractivity contribution < 1.29 is 0 Å². The maximum absolute atomic E-state index is 2.47. The highest BCUT2D eigenvalue weighted by Gasteiger charge is 2.40. The van der Waals surface area contributed by atoms with Crippen LogP contribution in [0.3, 0.4) is 0 Å². The summed E-state index contributed by atoms with van der Waals surface area (Å²) in [5, 5.41) is 4.41. The Labute approximate surface area is 126 Å². The first-order valence-electron chi connectivity index (χ1n) is 7.31. The zero-order chi connectivity index (χ0) is 14.1. The topological polar surface area (TPSA) is 0 Å². The molecule has 1 aliphatic heterocycles. The highest BCUT2D eigenvalue weighted by atomic mass is 28.3. The van der Waals surface area contributed by atoms with Crippen molar-refractivity contribution in [1.82, 2.24) is 0 Å². The fourth-order valence-corrected chi connectivity index (χ4v) is 7.75. The molecular formula is C20H16Si. The van der Waals surface area contributed by atoms with Gasteiger partial charge in [0.1, 0.15) is 0 Å². The van der Waals surface area contributed by atoms with Gasteiger partial charge in [0.2, 0.25) is 0 Å². The molecule has 0 amide bonds. The van der Waals surface area contributed by atoms with E-state index in [0.717, 1.165) is 0 Å². The van der Waals surface area contributed by atoms with Crippen LogP contribution in [0.4, 0.5) is 0 Å². The Morgan fingerprint density at radius 2 is 1.05 bits per heavy atom. The van der Waals surface area contributed by atoms with Crippen molar-refractivity contribution in [2.75, 3.05) is 0 Å². The van der Waals surface area contributed by atoms with E-state index in [1.165, 1.54) is 21.1 Å². The van der Waals surface area contributed by atoms with Crippen LogP contribution >= 0.6 is 0 Å². The molecule has 1 aliphatic rings. The van der Waals surface area contributed by atoms with Crippen molar-refractivity contribution in [3.05, 3.63) is 96.2 Å². The van der Waals surface area contributed by atoms with Gasteiger partial charge in [0.05, 0.1) is 0 Å². The highest BCUT2D eigenvalue weighted by molar-refractivity contribution is 7.16. The minimum atomic E-state index is -1.99. The second-order valence-electron chi connectivity index (χ2n) is 5.46. The van der Waals surface area contributed by atoms with Crippen LogP contribution in [0.15, 0.2) is 90.6 Å². The maximum Gasteiger partial charge on any atom is 0.173 e. The Morgan fingerprint density at radius 1 is 0.524 bits per heavy atom. The van der Waals surface area contributed by atoms with Crippen molar-refractivity contribution in [3.8, 4) is 0 Å². The monoisotopic (exact) mass is 284 g/mol. The first-order chi connectivity index (χ1) is 10.4. The quantitative estimate of drug-likeness (QED) is 0.635. The van der Waals surface area contributed by atoms with Crippen LogP contribution in [0.25, 0.3) is 6.08 Å². The van der Waals surface area contributed by atoms with E-state index in [1.54, 1.807) is 0 Å². The standard InChI is InChI=1S/C20H16Si/c1-3-10-18(11-4-1)21(19-12-5-2-6-13-19)16-15-17-9-7-8-14-20(17)21/h1-16H. The Balaban J connectivity index is 2.05. The average Bonchev–Trinajstić information content (AvgIpc) is 2.97. The molecule has 0 unspecified atom stereocenters. The molecule has 21 heavy (non-hydrogen) atoms. The largest absolute Gasteiger partial charge is 0.173 e. The van der Waals surface area contributed by atoms with Crippen LogP contribution in [-0.4, -0.2) is 8.07 Å². The average molecular weight is 284 g/mol. The number of fused-ring (bicyclic) bond motifs is 1. The van der Waals surface area contributed by atoms with Gasteiger partial charge in [0, 0.05) is 0 Å². The van der Waals surface area contributed by atoms with Gasteiger partial charge in [-0.1, -0.05) is 96.7 Å². The van der Waals surface area contributed by atoms with Crippen LogP contribution in [0.2, 0.25) is 0 Å². The third kappa shape index (κ3) is 1.82.